The van der Waals surface area contributed by atoms with Gasteiger partial charge in [-0.15, -0.1) is 11.5 Å². The van der Waals surface area contributed by atoms with Gasteiger partial charge in [0.2, 0.25) is 0 Å². The van der Waals surface area contributed by atoms with Crippen LogP contribution in [-0.2, 0) is 39.1 Å². The number of H-pyrrole nitrogens is 1. The maximum absolute atomic E-state index is 3.36. The van der Waals surface area contributed by atoms with Crippen molar-refractivity contribution in [2.45, 2.75) is 20.3 Å². The van der Waals surface area contributed by atoms with Gasteiger partial charge in [-0.05, 0) is 13.3 Å². The van der Waals surface area contributed by atoms with Gasteiger partial charge in [0, 0.05) is 38.4 Å². The molecule has 0 amide bonds. The second kappa shape index (κ2) is 4.39. The van der Waals surface area contributed by atoms with Crippen molar-refractivity contribution in [1.82, 2.24) is 4.98 Å². The number of benzene rings is 1. The molecule has 13 heavy (non-hydrogen) atoms. The molecule has 1 N–H and O–H groups in total. The van der Waals surface area contributed by atoms with Gasteiger partial charge in [-0.2, -0.15) is 18.2 Å². The number of aromatic nitrogens is 1. The number of hydrogen-bond acceptors (Lipinski definition) is 0. The Balaban J connectivity index is 0.000000845. The summed E-state index contributed by atoms with van der Waals surface area (Å²) >= 11 is 0. The second-order valence-corrected chi connectivity index (χ2v) is 3.05. The summed E-state index contributed by atoms with van der Waals surface area (Å²) in [5.41, 5.74) is 3.93. The summed E-state index contributed by atoms with van der Waals surface area (Å²) in [6, 6.07) is 9.17. The average Bonchev–Trinajstić information content (AvgIpc) is 2.40. The van der Waals surface area contributed by atoms with E-state index in [4.69, 9.17) is 0 Å². The van der Waals surface area contributed by atoms with Crippen LogP contribution in [0.1, 0.15) is 18.2 Å². The molecule has 0 bridgehead atoms. The Morgan fingerprint density at radius 1 is 1.46 bits per heavy atom. The number of hydrogen-bond donors (Lipinski definition) is 1. The first-order valence-electron chi connectivity index (χ1n) is 4.30. The first-order chi connectivity index (χ1) is 5.83. The Morgan fingerprint density at radius 3 is 2.92 bits per heavy atom. The van der Waals surface area contributed by atoms with Gasteiger partial charge >= 0.3 is 0 Å². The van der Waals surface area contributed by atoms with E-state index in [1.807, 2.05) is 6.07 Å². The Kier molecular flexibility index (Phi) is 3.69. The first-order valence-corrected chi connectivity index (χ1v) is 4.30. The van der Waals surface area contributed by atoms with Gasteiger partial charge in [0.1, 0.15) is 0 Å². The van der Waals surface area contributed by atoms with Gasteiger partial charge in [0.25, 0.3) is 0 Å². The average molecular weight is 247 g/mol. The van der Waals surface area contributed by atoms with Gasteiger partial charge in [0.05, 0.1) is 0 Å². The molecule has 0 saturated carbocycles. The molecule has 0 aliphatic rings. The summed E-state index contributed by atoms with van der Waals surface area (Å²) in [7, 11) is 0. The van der Waals surface area contributed by atoms with E-state index in [-0.39, 0.29) is 32.7 Å². The SMILES string of the molecule is CCc1c(C)[nH]c2cc[c-]cc12.[Y]. The zero-order chi connectivity index (χ0) is 8.55. The van der Waals surface area contributed by atoms with Crippen LogP contribution in [0.15, 0.2) is 18.2 Å². The molecular formula is C11H12NY-. The van der Waals surface area contributed by atoms with Crippen molar-refractivity contribution in [3.63, 3.8) is 0 Å². The monoisotopic (exact) mass is 247 g/mol. The number of aromatic amines is 1. The molecule has 2 aromatic rings. The molecule has 1 nitrogen and oxygen atoms in total. The molecule has 1 aromatic heterocycles. The summed E-state index contributed by atoms with van der Waals surface area (Å²) in [5.74, 6) is 0. The van der Waals surface area contributed by atoms with E-state index in [0.717, 1.165) is 6.42 Å². The fraction of sp³-hybridized carbons (Fsp3) is 0.273. The van der Waals surface area contributed by atoms with Crippen LogP contribution in [0.5, 0.6) is 0 Å². The van der Waals surface area contributed by atoms with Crippen LogP contribution in [0.25, 0.3) is 10.9 Å². The van der Waals surface area contributed by atoms with Crippen LogP contribution in [0.4, 0.5) is 0 Å². The number of nitrogens with one attached hydrogen (secondary N) is 1. The third-order valence-corrected chi connectivity index (χ3v) is 2.32. The maximum Gasteiger partial charge on any atom is 0.00175 e. The summed E-state index contributed by atoms with van der Waals surface area (Å²) in [5, 5.41) is 1.32. The second-order valence-electron chi connectivity index (χ2n) is 3.05. The Morgan fingerprint density at radius 2 is 2.23 bits per heavy atom. The van der Waals surface area contributed by atoms with Gasteiger partial charge in [-0.3, -0.25) is 0 Å². The van der Waals surface area contributed by atoms with Crippen LogP contribution in [0.2, 0.25) is 0 Å². The largest absolute Gasteiger partial charge is 0.382 e. The minimum atomic E-state index is 0. The topological polar surface area (TPSA) is 15.8 Å². The quantitative estimate of drug-likeness (QED) is 0.746. The number of aryl methyl sites for hydroxylation is 2. The van der Waals surface area contributed by atoms with Crippen molar-refractivity contribution >= 4 is 10.9 Å². The molecule has 0 atom stereocenters. The minimum Gasteiger partial charge on any atom is -0.382 e. The van der Waals surface area contributed by atoms with E-state index in [1.165, 1.54) is 22.2 Å². The predicted octanol–water partition coefficient (Wildman–Crippen LogP) is 2.84. The third-order valence-electron chi connectivity index (χ3n) is 2.32. The fourth-order valence-corrected chi connectivity index (χ4v) is 1.72. The van der Waals surface area contributed by atoms with E-state index >= 15 is 0 Å². The van der Waals surface area contributed by atoms with Gasteiger partial charge in [-0.25, -0.2) is 0 Å². The van der Waals surface area contributed by atoms with Crippen molar-refractivity contribution in [1.29, 1.82) is 0 Å². The van der Waals surface area contributed by atoms with E-state index in [0.29, 0.717) is 0 Å². The van der Waals surface area contributed by atoms with E-state index in [1.54, 1.807) is 0 Å². The molecule has 2 heteroatoms. The van der Waals surface area contributed by atoms with Crippen LogP contribution in [0, 0.1) is 13.0 Å². The molecule has 2 rings (SSSR count). The molecule has 1 radical (unpaired) electrons. The van der Waals surface area contributed by atoms with Crippen molar-refractivity contribution in [2.24, 2.45) is 0 Å². The smallest absolute Gasteiger partial charge is 0.00175 e. The Bertz CT molecular complexity index is 403. The first kappa shape index (κ1) is 10.9. The molecule has 1 heterocycles. The Labute approximate surface area is 104 Å². The van der Waals surface area contributed by atoms with Crippen LogP contribution < -0.4 is 0 Å². The molecule has 0 fully saturated rings. The Hall–Kier alpha value is -0.136. The summed E-state index contributed by atoms with van der Waals surface area (Å²) in [6.45, 7) is 4.31. The van der Waals surface area contributed by atoms with Crippen LogP contribution in [0.3, 0.4) is 0 Å². The van der Waals surface area contributed by atoms with E-state index in [9.17, 15) is 0 Å². The molecule has 0 spiro atoms. The molecular weight excluding hydrogens is 235 g/mol. The van der Waals surface area contributed by atoms with Crippen molar-refractivity contribution in [3.8, 4) is 0 Å². The normalized spacial score (nSPS) is 10.0. The zero-order valence-electron chi connectivity index (χ0n) is 8.02. The number of fused-ring (bicyclic) bond motifs is 1. The summed E-state index contributed by atoms with van der Waals surface area (Å²) < 4.78 is 0. The molecule has 0 aliphatic carbocycles. The number of rotatable bonds is 1. The van der Waals surface area contributed by atoms with Crippen LogP contribution in [-0.4, -0.2) is 4.98 Å². The maximum atomic E-state index is 3.36. The molecule has 65 valence electrons. The molecule has 0 saturated heterocycles. The summed E-state index contributed by atoms with van der Waals surface area (Å²) in [4.78, 5) is 3.36. The standard InChI is InChI=1S/C11H12N.Y/c1-3-9-8(2)12-11-7-5-4-6-10(9)11;/h5-7,12H,3H2,1-2H3;/q-1;. The van der Waals surface area contributed by atoms with E-state index < -0.39 is 0 Å². The van der Waals surface area contributed by atoms with Gasteiger partial charge in [0.15, 0.2) is 0 Å². The summed E-state index contributed by atoms with van der Waals surface area (Å²) in [6.07, 6.45) is 1.09. The third kappa shape index (κ3) is 1.87. The minimum absolute atomic E-state index is 0. The van der Waals surface area contributed by atoms with Gasteiger partial charge in [-0.1, -0.05) is 18.0 Å². The predicted molar refractivity (Wildman–Crippen MR) is 51.2 cm³/mol. The van der Waals surface area contributed by atoms with Crippen molar-refractivity contribution in [2.75, 3.05) is 0 Å². The molecule has 0 unspecified atom stereocenters. The molecule has 1 aromatic carbocycles. The van der Waals surface area contributed by atoms with Gasteiger partial charge < -0.3 is 4.98 Å². The zero-order valence-corrected chi connectivity index (χ0v) is 10.9. The molecule has 0 aliphatic heterocycles. The fourth-order valence-electron chi connectivity index (χ4n) is 1.72. The van der Waals surface area contributed by atoms with E-state index in [2.05, 4.69) is 37.0 Å². The van der Waals surface area contributed by atoms with Crippen molar-refractivity contribution < 1.29 is 32.7 Å². The van der Waals surface area contributed by atoms with Crippen LogP contribution >= 0.6 is 0 Å². The van der Waals surface area contributed by atoms with Crippen molar-refractivity contribution in [3.05, 3.63) is 35.5 Å².